The fraction of sp³-hybridized carbons (Fsp3) is 0.200. The second-order valence-electron chi connectivity index (χ2n) is 6.24. The minimum absolute atomic E-state index is 0.0707. The number of aromatic nitrogens is 1. The summed E-state index contributed by atoms with van der Waals surface area (Å²) >= 11 is 0. The Bertz CT molecular complexity index is 801. The first-order chi connectivity index (χ1) is 10.7. The van der Waals surface area contributed by atoms with Crippen molar-refractivity contribution in [2.75, 3.05) is 0 Å². The lowest BCUT2D eigenvalue weighted by atomic mass is 9.96. The molecule has 0 spiro atoms. The molecule has 1 aliphatic rings. The van der Waals surface area contributed by atoms with Crippen molar-refractivity contribution in [1.29, 1.82) is 0 Å². The highest BCUT2D eigenvalue weighted by molar-refractivity contribution is 5.48. The first-order valence-electron chi connectivity index (χ1n) is 7.67. The van der Waals surface area contributed by atoms with E-state index in [0.717, 1.165) is 0 Å². The summed E-state index contributed by atoms with van der Waals surface area (Å²) in [7, 11) is 0. The fourth-order valence-electron chi connectivity index (χ4n) is 3.31. The summed E-state index contributed by atoms with van der Waals surface area (Å²) < 4.78 is 8.83. The van der Waals surface area contributed by atoms with Crippen LogP contribution in [0.2, 0.25) is 0 Å². The van der Waals surface area contributed by atoms with Gasteiger partial charge in [0.1, 0.15) is 6.10 Å². The van der Waals surface area contributed by atoms with Gasteiger partial charge in [-0.15, -0.1) is 0 Å². The van der Waals surface area contributed by atoms with E-state index in [0.29, 0.717) is 0 Å². The van der Waals surface area contributed by atoms with Crippen LogP contribution in [0.4, 0.5) is 0 Å². The number of fused-ring (bicyclic) bond motifs is 3. The molecule has 0 aliphatic carbocycles. The van der Waals surface area contributed by atoms with Gasteiger partial charge in [-0.25, -0.2) is 0 Å². The molecule has 1 aromatic heterocycles. The average Bonchev–Trinajstić information content (AvgIpc) is 2.99. The number of nitrogens with zero attached hydrogens (tertiary/aromatic N) is 1. The van der Waals surface area contributed by atoms with Crippen molar-refractivity contribution in [2.45, 2.75) is 25.6 Å². The van der Waals surface area contributed by atoms with Crippen molar-refractivity contribution in [2.24, 2.45) is 0 Å². The SMILES string of the molecule is CC1(C)O[C@H](c2ccccc2)c2cccn2-c2ccccc21. The van der Waals surface area contributed by atoms with Crippen molar-refractivity contribution in [3.63, 3.8) is 0 Å². The zero-order chi connectivity index (χ0) is 15.2. The van der Waals surface area contributed by atoms with Crippen molar-refractivity contribution in [3.8, 4) is 5.69 Å². The van der Waals surface area contributed by atoms with Crippen molar-refractivity contribution in [3.05, 3.63) is 89.7 Å². The van der Waals surface area contributed by atoms with Gasteiger partial charge in [-0.05, 0) is 37.6 Å². The predicted octanol–water partition coefficient (Wildman–Crippen LogP) is 4.83. The van der Waals surface area contributed by atoms with E-state index in [4.69, 9.17) is 4.74 Å². The van der Waals surface area contributed by atoms with Crippen LogP contribution in [-0.4, -0.2) is 4.57 Å². The van der Waals surface area contributed by atoms with E-state index in [2.05, 4.69) is 85.3 Å². The molecule has 2 nitrogen and oxygen atoms in total. The molecule has 4 rings (SSSR count). The van der Waals surface area contributed by atoms with Crippen LogP contribution in [-0.2, 0) is 10.3 Å². The highest BCUT2D eigenvalue weighted by Crippen LogP contribution is 2.42. The summed E-state index contributed by atoms with van der Waals surface area (Å²) in [6.45, 7) is 4.29. The lowest BCUT2D eigenvalue weighted by Gasteiger charge is -2.29. The van der Waals surface area contributed by atoms with Crippen molar-refractivity contribution in [1.82, 2.24) is 4.57 Å². The molecule has 0 amide bonds. The molecule has 2 aromatic carbocycles. The second kappa shape index (κ2) is 4.85. The quantitative estimate of drug-likeness (QED) is 0.625. The number of ether oxygens (including phenoxy) is 1. The molecule has 22 heavy (non-hydrogen) atoms. The molecule has 0 bridgehead atoms. The van der Waals surface area contributed by atoms with Gasteiger partial charge >= 0.3 is 0 Å². The zero-order valence-corrected chi connectivity index (χ0v) is 12.9. The molecule has 1 aliphatic heterocycles. The maximum atomic E-state index is 6.58. The number of hydrogen-bond acceptors (Lipinski definition) is 1. The van der Waals surface area contributed by atoms with Crippen molar-refractivity contribution < 1.29 is 4.74 Å². The molecule has 0 saturated heterocycles. The van der Waals surface area contributed by atoms with Crippen LogP contribution in [0.15, 0.2) is 72.9 Å². The van der Waals surface area contributed by atoms with Gasteiger partial charge < -0.3 is 9.30 Å². The van der Waals surface area contributed by atoms with E-state index in [9.17, 15) is 0 Å². The number of rotatable bonds is 1. The number of para-hydroxylation sites is 1. The molecule has 1 atom stereocenters. The molecule has 110 valence electrons. The summed E-state index contributed by atoms with van der Waals surface area (Å²) in [6.07, 6.45) is 2.05. The van der Waals surface area contributed by atoms with Crippen LogP contribution in [0.25, 0.3) is 5.69 Å². The topological polar surface area (TPSA) is 14.2 Å². The molecule has 0 radical (unpaired) electrons. The Labute approximate surface area is 131 Å². The van der Waals surface area contributed by atoms with E-state index in [1.54, 1.807) is 0 Å². The van der Waals surface area contributed by atoms with Crippen LogP contribution in [0.3, 0.4) is 0 Å². The van der Waals surface area contributed by atoms with Gasteiger partial charge in [-0.1, -0.05) is 48.5 Å². The molecule has 0 fully saturated rings. The normalized spacial score (nSPS) is 19.1. The summed E-state index contributed by atoms with van der Waals surface area (Å²) in [5.74, 6) is 0. The first-order valence-corrected chi connectivity index (χ1v) is 7.67. The van der Waals surface area contributed by atoms with E-state index < -0.39 is 0 Å². The summed E-state index contributed by atoms with van der Waals surface area (Å²) in [5, 5.41) is 0. The largest absolute Gasteiger partial charge is 0.357 e. The highest BCUT2D eigenvalue weighted by Gasteiger charge is 2.34. The maximum absolute atomic E-state index is 6.58. The lowest BCUT2D eigenvalue weighted by Crippen LogP contribution is -2.23. The summed E-state index contributed by atoms with van der Waals surface area (Å²) in [4.78, 5) is 0. The van der Waals surface area contributed by atoms with Crippen LogP contribution < -0.4 is 0 Å². The van der Waals surface area contributed by atoms with Crippen molar-refractivity contribution >= 4 is 0 Å². The number of hydrogen-bond donors (Lipinski definition) is 0. The Morgan fingerprint density at radius 1 is 0.864 bits per heavy atom. The first kappa shape index (κ1) is 13.4. The molecule has 2 heterocycles. The van der Waals surface area contributed by atoms with Gasteiger partial charge in [0.25, 0.3) is 0 Å². The summed E-state index contributed by atoms with van der Waals surface area (Å²) in [6, 6.07) is 23.2. The van der Waals surface area contributed by atoms with Gasteiger partial charge in [0.15, 0.2) is 0 Å². The van der Waals surface area contributed by atoms with E-state index in [-0.39, 0.29) is 11.7 Å². The molecule has 0 N–H and O–H groups in total. The Morgan fingerprint density at radius 2 is 1.59 bits per heavy atom. The van der Waals surface area contributed by atoms with E-state index in [1.165, 1.54) is 22.5 Å². The highest BCUT2D eigenvalue weighted by atomic mass is 16.5. The third kappa shape index (κ3) is 1.99. The van der Waals surface area contributed by atoms with Crippen LogP contribution >= 0.6 is 0 Å². The Hall–Kier alpha value is -2.32. The smallest absolute Gasteiger partial charge is 0.124 e. The second-order valence-corrected chi connectivity index (χ2v) is 6.24. The minimum atomic E-state index is -0.351. The Morgan fingerprint density at radius 3 is 2.41 bits per heavy atom. The molecule has 2 heteroatoms. The Kier molecular flexibility index (Phi) is 2.95. The molecular weight excluding hydrogens is 270 g/mol. The summed E-state index contributed by atoms with van der Waals surface area (Å²) in [5.41, 5.74) is 4.42. The zero-order valence-electron chi connectivity index (χ0n) is 12.9. The third-order valence-corrected chi connectivity index (χ3v) is 4.38. The van der Waals surface area contributed by atoms with Gasteiger partial charge in [0.05, 0.1) is 17.0 Å². The third-order valence-electron chi connectivity index (χ3n) is 4.38. The van der Waals surface area contributed by atoms with Gasteiger partial charge in [-0.2, -0.15) is 0 Å². The number of benzene rings is 2. The fourth-order valence-corrected chi connectivity index (χ4v) is 3.31. The van der Waals surface area contributed by atoms with E-state index >= 15 is 0 Å². The average molecular weight is 289 g/mol. The molecule has 0 unspecified atom stereocenters. The van der Waals surface area contributed by atoms with Crippen LogP contribution in [0.1, 0.15) is 36.8 Å². The lowest BCUT2D eigenvalue weighted by molar-refractivity contribution is -0.0592. The van der Waals surface area contributed by atoms with Gasteiger partial charge in [0, 0.05) is 11.8 Å². The molecule has 3 aromatic rings. The maximum Gasteiger partial charge on any atom is 0.124 e. The molecular formula is C20H19NO. The molecule has 0 saturated carbocycles. The predicted molar refractivity (Wildman–Crippen MR) is 88.2 cm³/mol. The monoisotopic (exact) mass is 289 g/mol. The van der Waals surface area contributed by atoms with E-state index in [1.807, 2.05) is 6.07 Å². The standard InChI is InChI=1S/C20H19NO/c1-20(2)16-11-6-7-12-17(16)21-14-8-13-18(21)19(22-20)15-9-4-3-5-10-15/h3-14,19H,1-2H3/t19-/m1/s1. The minimum Gasteiger partial charge on any atom is -0.357 e. The Balaban J connectivity index is 1.96. The van der Waals surface area contributed by atoms with Crippen LogP contribution in [0.5, 0.6) is 0 Å². The van der Waals surface area contributed by atoms with Gasteiger partial charge in [0.2, 0.25) is 0 Å². The van der Waals surface area contributed by atoms with Crippen LogP contribution in [0, 0.1) is 0 Å². The van der Waals surface area contributed by atoms with Gasteiger partial charge in [-0.3, -0.25) is 0 Å².